The minimum atomic E-state index is -1.79. The monoisotopic (exact) mass is 579 g/mol. The summed E-state index contributed by atoms with van der Waals surface area (Å²) < 4.78 is 12.6. The summed E-state index contributed by atoms with van der Waals surface area (Å²) in [6, 6.07) is 8.17. The molecule has 0 amide bonds. The van der Waals surface area contributed by atoms with Gasteiger partial charge in [-0.1, -0.05) is 43.4 Å². The standard InChI is InChI=1S/C33H41NO8/c1-6-16(2)28(38)41-22-20-17(3)12-31-21(20)25-32(24(31)23(22)42-29(39)18-10-8-7-9-11-18)14-19(35)13-30(4,15-34(25)5)33(32,40)27(37)26(31)36/h6-11,19-27,35-37,40H,3,12-15H2,1-2,4-5H3/b16-6+/t19-,20-,21+,22+,23+,24+,25?,26-,27-,30-,31-,32-,33-/m0/s1. The van der Waals surface area contributed by atoms with Crippen LogP contribution in [0, 0.1) is 34.0 Å². The van der Waals surface area contributed by atoms with Crippen LogP contribution in [0.15, 0.2) is 54.1 Å². The summed E-state index contributed by atoms with van der Waals surface area (Å²) in [7, 11) is 1.99. The average Bonchev–Trinajstić information content (AvgIpc) is 3.26. The van der Waals surface area contributed by atoms with Gasteiger partial charge in [0.15, 0.2) is 0 Å². The molecule has 9 heteroatoms. The zero-order chi connectivity index (χ0) is 30.1. The molecule has 6 fully saturated rings. The summed E-state index contributed by atoms with van der Waals surface area (Å²) in [5.41, 5.74) is -3.43. The van der Waals surface area contributed by atoms with Gasteiger partial charge in [-0.3, -0.25) is 0 Å². The maximum absolute atomic E-state index is 13.7. The number of likely N-dealkylation sites (tertiary alicyclic amines) is 1. The SMILES string of the molecule is C=C1C[C@@]23[C@H]4[C@H](OC(=O)c5ccccc5)[C@H](OC(=O)/C(C)=C/C)[C@@H]1[C@@H]2C1N(C)C[C@]2(C)C[C@H](O)C[C@@]14[C@]2(O)[C@@H](O)[C@@H]3O. The van der Waals surface area contributed by atoms with Crippen LogP contribution in [-0.4, -0.2) is 93.0 Å². The van der Waals surface area contributed by atoms with E-state index < -0.39 is 82.2 Å². The van der Waals surface area contributed by atoms with Crippen molar-refractivity contribution in [2.45, 2.75) is 82.2 Å². The Labute approximate surface area is 245 Å². The summed E-state index contributed by atoms with van der Waals surface area (Å²) in [5.74, 6) is -2.73. The van der Waals surface area contributed by atoms with Gasteiger partial charge >= 0.3 is 11.9 Å². The Morgan fingerprint density at radius 1 is 1.07 bits per heavy atom. The van der Waals surface area contributed by atoms with Crippen molar-refractivity contribution >= 4 is 11.9 Å². The molecule has 2 spiro atoms. The second-order valence-electron chi connectivity index (χ2n) is 14.2. The zero-order valence-electron chi connectivity index (χ0n) is 24.6. The summed E-state index contributed by atoms with van der Waals surface area (Å²) in [6.07, 6.45) is -3.18. The van der Waals surface area contributed by atoms with Crippen molar-refractivity contribution in [2.24, 2.45) is 34.0 Å². The average molecular weight is 580 g/mol. The minimum absolute atomic E-state index is 0.161. The molecule has 0 radical (unpaired) electrons. The Balaban J connectivity index is 1.48. The number of benzene rings is 1. The Hall–Kier alpha value is -2.56. The van der Waals surface area contributed by atoms with E-state index in [-0.39, 0.29) is 18.8 Å². The van der Waals surface area contributed by atoms with Gasteiger partial charge in [-0.25, -0.2) is 9.59 Å². The minimum Gasteiger partial charge on any atom is -0.454 e. The molecule has 1 unspecified atom stereocenters. The Morgan fingerprint density at radius 3 is 2.43 bits per heavy atom. The molecule has 9 nitrogen and oxygen atoms in total. The number of ether oxygens (including phenoxy) is 2. The highest BCUT2D eigenvalue weighted by Crippen LogP contribution is 2.84. The van der Waals surface area contributed by atoms with Gasteiger partial charge in [0.05, 0.1) is 17.8 Å². The summed E-state index contributed by atoms with van der Waals surface area (Å²) in [5, 5.41) is 48.5. The number of aliphatic hydroxyl groups excluding tert-OH is 3. The third-order valence-electron chi connectivity index (χ3n) is 12.5. The molecule has 5 saturated carbocycles. The highest BCUT2D eigenvalue weighted by Gasteiger charge is 2.93. The number of esters is 2. The second kappa shape index (κ2) is 8.76. The van der Waals surface area contributed by atoms with Gasteiger partial charge in [0.2, 0.25) is 0 Å². The van der Waals surface area contributed by atoms with Crippen molar-refractivity contribution in [3.63, 3.8) is 0 Å². The lowest BCUT2D eigenvalue weighted by Crippen LogP contribution is -2.84. The fourth-order valence-corrected chi connectivity index (χ4v) is 11.5. The molecular weight excluding hydrogens is 538 g/mol. The molecule has 13 atom stereocenters. The van der Waals surface area contributed by atoms with Crippen molar-refractivity contribution in [3.05, 3.63) is 59.7 Å². The van der Waals surface area contributed by atoms with Gasteiger partial charge < -0.3 is 34.8 Å². The van der Waals surface area contributed by atoms with Crippen LogP contribution in [0.2, 0.25) is 0 Å². The van der Waals surface area contributed by atoms with Crippen LogP contribution in [0.3, 0.4) is 0 Å². The third-order valence-corrected chi connectivity index (χ3v) is 12.5. The second-order valence-corrected chi connectivity index (χ2v) is 14.2. The van der Waals surface area contributed by atoms with E-state index in [1.165, 1.54) is 0 Å². The van der Waals surface area contributed by atoms with E-state index in [0.29, 0.717) is 24.1 Å². The Morgan fingerprint density at radius 2 is 1.76 bits per heavy atom. The van der Waals surface area contributed by atoms with Crippen molar-refractivity contribution in [1.82, 2.24) is 4.90 Å². The molecule has 1 saturated heterocycles. The fraction of sp³-hybridized carbons (Fsp3) is 0.636. The van der Waals surface area contributed by atoms with Gasteiger partial charge in [-0.2, -0.15) is 0 Å². The van der Waals surface area contributed by atoms with Crippen LogP contribution < -0.4 is 0 Å². The normalized spacial score (nSPS) is 50.4. The van der Waals surface area contributed by atoms with Crippen LogP contribution in [0.5, 0.6) is 0 Å². The molecule has 226 valence electrons. The molecular formula is C33H41NO8. The summed E-state index contributed by atoms with van der Waals surface area (Å²) in [6.45, 7) is 10.1. The van der Waals surface area contributed by atoms with Gasteiger partial charge in [0.25, 0.3) is 0 Å². The van der Waals surface area contributed by atoms with Gasteiger partial charge in [0, 0.05) is 46.2 Å². The lowest BCUT2D eigenvalue weighted by atomic mass is 9.38. The van der Waals surface area contributed by atoms with E-state index in [0.717, 1.165) is 5.57 Å². The molecule has 1 heterocycles. The smallest absolute Gasteiger partial charge is 0.338 e. The molecule has 1 aliphatic heterocycles. The number of rotatable bonds is 4. The first-order valence-electron chi connectivity index (χ1n) is 15.0. The summed E-state index contributed by atoms with van der Waals surface area (Å²) >= 11 is 0. The number of allylic oxidation sites excluding steroid dienone is 1. The highest BCUT2D eigenvalue weighted by atomic mass is 16.6. The molecule has 6 bridgehead atoms. The predicted molar refractivity (Wildman–Crippen MR) is 151 cm³/mol. The predicted octanol–water partition coefficient (Wildman–Crippen LogP) is 1.84. The van der Waals surface area contributed by atoms with Crippen molar-refractivity contribution in [3.8, 4) is 0 Å². The van der Waals surface area contributed by atoms with Crippen LogP contribution in [0.4, 0.5) is 0 Å². The number of nitrogens with zero attached hydrogens (tertiary/aromatic N) is 1. The Kier molecular flexibility index (Phi) is 5.89. The van der Waals surface area contributed by atoms with Crippen LogP contribution >= 0.6 is 0 Å². The lowest BCUT2D eigenvalue weighted by molar-refractivity contribution is -0.361. The first kappa shape index (κ1) is 28.2. The first-order chi connectivity index (χ1) is 19.8. The van der Waals surface area contributed by atoms with E-state index in [1.54, 1.807) is 50.3 Å². The van der Waals surface area contributed by atoms with Crippen molar-refractivity contribution in [2.75, 3.05) is 13.6 Å². The van der Waals surface area contributed by atoms with Crippen LogP contribution in [0.25, 0.3) is 0 Å². The molecule has 1 aromatic rings. The first-order valence-corrected chi connectivity index (χ1v) is 15.0. The van der Waals surface area contributed by atoms with Gasteiger partial charge in [-0.05, 0) is 58.2 Å². The molecule has 5 aliphatic carbocycles. The maximum Gasteiger partial charge on any atom is 0.338 e. The van der Waals surface area contributed by atoms with E-state index in [9.17, 15) is 30.0 Å². The van der Waals surface area contributed by atoms with Crippen molar-refractivity contribution < 1.29 is 39.5 Å². The van der Waals surface area contributed by atoms with E-state index in [4.69, 9.17) is 9.47 Å². The molecule has 0 aromatic heterocycles. The largest absolute Gasteiger partial charge is 0.454 e. The lowest BCUT2D eigenvalue weighted by Gasteiger charge is -2.73. The fourth-order valence-electron chi connectivity index (χ4n) is 11.5. The molecule has 7 rings (SSSR count). The van der Waals surface area contributed by atoms with Gasteiger partial charge in [0.1, 0.15) is 23.9 Å². The third kappa shape index (κ3) is 2.97. The molecule has 1 aromatic carbocycles. The topological polar surface area (TPSA) is 137 Å². The highest BCUT2D eigenvalue weighted by molar-refractivity contribution is 5.90. The van der Waals surface area contributed by atoms with Gasteiger partial charge in [-0.15, -0.1) is 0 Å². The molecule has 4 N–H and O–H groups in total. The quantitative estimate of drug-likeness (QED) is 0.239. The maximum atomic E-state index is 13.7. The van der Waals surface area contributed by atoms with Crippen LogP contribution in [0.1, 0.15) is 50.4 Å². The number of carbonyl (C=O) groups is 2. The number of carbonyl (C=O) groups excluding carboxylic acids is 2. The number of hydrogen-bond acceptors (Lipinski definition) is 9. The van der Waals surface area contributed by atoms with E-state index in [1.807, 2.05) is 14.0 Å². The number of hydrogen-bond donors (Lipinski definition) is 4. The van der Waals surface area contributed by atoms with Crippen molar-refractivity contribution in [1.29, 1.82) is 0 Å². The van der Waals surface area contributed by atoms with E-state index >= 15 is 0 Å². The zero-order valence-corrected chi connectivity index (χ0v) is 24.6. The molecule has 42 heavy (non-hydrogen) atoms. The summed E-state index contributed by atoms with van der Waals surface area (Å²) in [4.78, 5) is 29.3. The van der Waals surface area contributed by atoms with E-state index in [2.05, 4.69) is 11.5 Å². The number of aliphatic hydroxyl groups is 4. The Bertz CT molecular complexity index is 1400. The van der Waals surface area contributed by atoms with Crippen LogP contribution in [-0.2, 0) is 14.3 Å². The number of piperidine rings is 1. The molecule has 6 aliphatic rings.